The van der Waals surface area contributed by atoms with E-state index in [4.69, 9.17) is 5.73 Å². The van der Waals surface area contributed by atoms with Crippen LogP contribution in [0.1, 0.15) is 44.2 Å². The van der Waals surface area contributed by atoms with Gasteiger partial charge in [0.2, 0.25) is 0 Å². The molecular weight excluding hydrogens is 220 g/mol. The molecule has 2 rings (SSSR count). The highest BCUT2D eigenvalue weighted by Crippen LogP contribution is 2.29. The molecule has 1 aliphatic rings. The Morgan fingerprint density at radius 3 is 2.72 bits per heavy atom. The largest absolute Gasteiger partial charge is 0.371 e. The summed E-state index contributed by atoms with van der Waals surface area (Å²) in [6.07, 6.45) is 5.05. The standard InChI is InChI=1S/C16H26N2/c1-3-13(4-2)12-18-9-5-6-15-10-14(11-17)7-8-16(15)18/h7-8,10,13H,3-6,9,11-12,17H2,1-2H3. The first-order chi connectivity index (χ1) is 8.78. The fraction of sp³-hybridized carbons (Fsp3) is 0.625. The highest BCUT2D eigenvalue weighted by molar-refractivity contribution is 5.56. The van der Waals surface area contributed by atoms with Crippen molar-refractivity contribution in [3.63, 3.8) is 0 Å². The van der Waals surface area contributed by atoms with Crippen LogP contribution in [0.4, 0.5) is 5.69 Å². The van der Waals surface area contributed by atoms with Crippen LogP contribution in [0, 0.1) is 5.92 Å². The van der Waals surface area contributed by atoms with Crippen LogP contribution in [-0.4, -0.2) is 13.1 Å². The third kappa shape index (κ3) is 2.86. The first-order valence-electron chi connectivity index (χ1n) is 7.35. The second-order valence-corrected chi connectivity index (χ2v) is 5.40. The third-order valence-corrected chi connectivity index (χ3v) is 4.23. The summed E-state index contributed by atoms with van der Waals surface area (Å²) in [7, 11) is 0. The zero-order chi connectivity index (χ0) is 13.0. The van der Waals surface area contributed by atoms with Gasteiger partial charge in [0.25, 0.3) is 0 Å². The number of nitrogens with two attached hydrogens (primary N) is 1. The average Bonchev–Trinajstić information content (AvgIpc) is 2.44. The van der Waals surface area contributed by atoms with Gasteiger partial charge in [0, 0.05) is 25.3 Å². The monoisotopic (exact) mass is 246 g/mol. The minimum atomic E-state index is 0.653. The van der Waals surface area contributed by atoms with E-state index in [9.17, 15) is 0 Å². The molecule has 0 saturated carbocycles. The van der Waals surface area contributed by atoms with Crippen molar-refractivity contribution in [1.29, 1.82) is 0 Å². The minimum absolute atomic E-state index is 0.653. The van der Waals surface area contributed by atoms with Crippen molar-refractivity contribution in [2.45, 2.75) is 46.1 Å². The third-order valence-electron chi connectivity index (χ3n) is 4.23. The molecule has 18 heavy (non-hydrogen) atoms. The van der Waals surface area contributed by atoms with Gasteiger partial charge >= 0.3 is 0 Å². The van der Waals surface area contributed by atoms with Gasteiger partial charge in [-0.15, -0.1) is 0 Å². The fourth-order valence-corrected chi connectivity index (χ4v) is 2.90. The number of nitrogens with zero attached hydrogens (tertiary/aromatic N) is 1. The summed E-state index contributed by atoms with van der Waals surface area (Å²) >= 11 is 0. The summed E-state index contributed by atoms with van der Waals surface area (Å²) in [6.45, 7) is 7.68. The van der Waals surface area contributed by atoms with Crippen LogP contribution in [0.5, 0.6) is 0 Å². The molecule has 0 amide bonds. The van der Waals surface area contributed by atoms with E-state index in [0.29, 0.717) is 6.54 Å². The molecule has 0 aromatic heterocycles. The highest BCUT2D eigenvalue weighted by Gasteiger charge is 2.19. The Morgan fingerprint density at radius 1 is 1.28 bits per heavy atom. The van der Waals surface area contributed by atoms with Crippen LogP contribution < -0.4 is 10.6 Å². The van der Waals surface area contributed by atoms with Crippen molar-refractivity contribution in [3.05, 3.63) is 29.3 Å². The van der Waals surface area contributed by atoms with E-state index >= 15 is 0 Å². The number of benzene rings is 1. The molecule has 1 aliphatic heterocycles. The molecule has 0 saturated heterocycles. The Labute approximate surface area is 111 Å². The Morgan fingerprint density at radius 2 is 2.06 bits per heavy atom. The van der Waals surface area contributed by atoms with Crippen LogP contribution in [-0.2, 0) is 13.0 Å². The van der Waals surface area contributed by atoms with E-state index < -0.39 is 0 Å². The molecule has 0 unspecified atom stereocenters. The number of fused-ring (bicyclic) bond motifs is 1. The molecule has 2 nitrogen and oxygen atoms in total. The maximum absolute atomic E-state index is 5.73. The van der Waals surface area contributed by atoms with Gasteiger partial charge in [0.15, 0.2) is 0 Å². The van der Waals surface area contributed by atoms with E-state index in [2.05, 4.69) is 36.9 Å². The molecule has 100 valence electrons. The molecule has 0 spiro atoms. The molecule has 0 atom stereocenters. The van der Waals surface area contributed by atoms with Crippen LogP contribution >= 0.6 is 0 Å². The summed E-state index contributed by atoms with van der Waals surface area (Å²) in [5.41, 5.74) is 9.93. The van der Waals surface area contributed by atoms with Gasteiger partial charge in [-0.05, 0) is 36.0 Å². The number of anilines is 1. The maximum Gasteiger partial charge on any atom is 0.0399 e. The van der Waals surface area contributed by atoms with Gasteiger partial charge in [0.1, 0.15) is 0 Å². The lowest BCUT2D eigenvalue weighted by atomic mass is 9.96. The summed E-state index contributed by atoms with van der Waals surface area (Å²) in [5.74, 6) is 0.824. The number of aryl methyl sites for hydroxylation is 1. The van der Waals surface area contributed by atoms with E-state index in [1.165, 1.54) is 55.6 Å². The molecule has 0 aliphatic carbocycles. The lowest BCUT2D eigenvalue weighted by molar-refractivity contribution is 0.475. The second-order valence-electron chi connectivity index (χ2n) is 5.40. The molecule has 1 heterocycles. The Balaban J connectivity index is 2.17. The number of hydrogen-bond donors (Lipinski definition) is 1. The van der Waals surface area contributed by atoms with E-state index in [1.54, 1.807) is 0 Å². The summed E-state index contributed by atoms with van der Waals surface area (Å²) in [6, 6.07) is 6.76. The molecule has 2 heteroatoms. The van der Waals surface area contributed by atoms with Gasteiger partial charge < -0.3 is 10.6 Å². The topological polar surface area (TPSA) is 29.3 Å². The Hall–Kier alpha value is -1.02. The van der Waals surface area contributed by atoms with E-state index in [1.807, 2.05) is 0 Å². The van der Waals surface area contributed by atoms with Crippen molar-refractivity contribution in [2.24, 2.45) is 11.7 Å². The zero-order valence-corrected chi connectivity index (χ0v) is 11.8. The quantitative estimate of drug-likeness (QED) is 0.863. The van der Waals surface area contributed by atoms with Crippen LogP contribution in [0.3, 0.4) is 0 Å². The SMILES string of the molecule is CCC(CC)CN1CCCc2cc(CN)ccc21. The predicted octanol–water partition coefficient (Wildman–Crippen LogP) is 3.33. The minimum Gasteiger partial charge on any atom is -0.371 e. The average molecular weight is 246 g/mol. The van der Waals surface area contributed by atoms with Crippen LogP contribution in [0.15, 0.2) is 18.2 Å². The zero-order valence-electron chi connectivity index (χ0n) is 11.8. The first kappa shape index (κ1) is 13.4. The maximum atomic E-state index is 5.73. The van der Waals surface area contributed by atoms with Gasteiger partial charge in [-0.2, -0.15) is 0 Å². The van der Waals surface area contributed by atoms with E-state index in [-0.39, 0.29) is 0 Å². The smallest absolute Gasteiger partial charge is 0.0399 e. The van der Waals surface area contributed by atoms with Gasteiger partial charge in [-0.3, -0.25) is 0 Å². The summed E-state index contributed by atoms with van der Waals surface area (Å²) in [5, 5.41) is 0. The first-order valence-corrected chi connectivity index (χ1v) is 7.35. The molecule has 0 fully saturated rings. The van der Waals surface area contributed by atoms with Crippen molar-refractivity contribution in [3.8, 4) is 0 Å². The van der Waals surface area contributed by atoms with Crippen molar-refractivity contribution in [2.75, 3.05) is 18.0 Å². The molecular formula is C16H26N2. The van der Waals surface area contributed by atoms with E-state index in [0.717, 1.165) is 5.92 Å². The van der Waals surface area contributed by atoms with Crippen LogP contribution in [0.2, 0.25) is 0 Å². The summed E-state index contributed by atoms with van der Waals surface area (Å²) < 4.78 is 0. The highest BCUT2D eigenvalue weighted by atomic mass is 15.1. The lowest BCUT2D eigenvalue weighted by Gasteiger charge is -2.34. The van der Waals surface area contributed by atoms with Gasteiger partial charge in [-0.25, -0.2) is 0 Å². The fourth-order valence-electron chi connectivity index (χ4n) is 2.90. The molecule has 2 N–H and O–H groups in total. The molecule has 1 aromatic carbocycles. The molecule has 0 radical (unpaired) electrons. The van der Waals surface area contributed by atoms with Crippen molar-refractivity contribution >= 4 is 5.69 Å². The second kappa shape index (κ2) is 6.24. The normalized spacial score (nSPS) is 15.0. The predicted molar refractivity (Wildman–Crippen MR) is 78.9 cm³/mol. The van der Waals surface area contributed by atoms with Gasteiger partial charge in [-0.1, -0.05) is 38.8 Å². The molecule has 0 bridgehead atoms. The Kier molecular flexibility index (Phi) is 4.65. The van der Waals surface area contributed by atoms with Crippen LogP contribution in [0.25, 0.3) is 0 Å². The lowest BCUT2D eigenvalue weighted by Crippen LogP contribution is -2.33. The van der Waals surface area contributed by atoms with Gasteiger partial charge in [0.05, 0.1) is 0 Å². The number of rotatable bonds is 5. The Bertz CT molecular complexity index is 383. The summed E-state index contributed by atoms with van der Waals surface area (Å²) in [4.78, 5) is 2.58. The van der Waals surface area contributed by atoms with Crippen molar-refractivity contribution < 1.29 is 0 Å². The molecule has 1 aromatic rings. The number of hydrogen-bond acceptors (Lipinski definition) is 2. The van der Waals surface area contributed by atoms with Crippen molar-refractivity contribution in [1.82, 2.24) is 0 Å².